The predicted octanol–water partition coefficient (Wildman–Crippen LogP) is 2.24. The molecule has 1 unspecified atom stereocenters. The second-order valence-corrected chi connectivity index (χ2v) is 5.51. The number of hydrogen-bond acceptors (Lipinski definition) is 4. The third-order valence-electron chi connectivity index (χ3n) is 3.29. The van der Waals surface area contributed by atoms with Gasteiger partial charge in [-0.05, 0) is 17.8 Å². The highest BCUT2D eigenvalue weighted by Crippen LogP contribution is 2.57. The van der Waals surface area contributed by atoms with E-state index in [2.05, 4.69) is 37.8 Å². The summed E-state index contributed by atoms with van der Waals surface area (Å²) in [6.07, 6.45) is 1.14. The van der Waals surface area contributed by atoms with Crippen molar-refractivity contribution >= 4 is 0 Å². The molecule has 1 aliphatic rings. The van der Waals surface area contributed by atoms with Crippen LogP contribution < -0.4 is 5.73 Å². The Labute approximate surface area is 90.2 Å². The lowest BCUT2D eigenvalue weighted by molar-refractivity contribution is 0.322. The molecule has 0 bridgehead atoms. The first kappa shape index (κ1) is 10.6. The molecular formula is C11H19N3O. The van der Waals surface area contributed by atoms with Crippen LogP contribution in [0.5, 0.6) is 0 Å². The van der Waals surface area contributed by atoms with Crippen molar-refractivity contribution in [3.8, 4) is 0 Å². The minimum absolute atomic E-state index is 0.145. The fraction of sp³-hybridized carbons (Fsp3) is 0.818. The third-order valence-corrected chi connectivity index (χ3v) is 3.29. The van der Waals surface area contributed by atoms with Gasteiger partial charge in [0.05, 0.1) is 6.04 Å². The number of rotatable bonds is 3. The summed E-state index contributed by atoms with van der Waals surface area (Å²) >= 11 is 0. The van der Waals surface area contributed by atoms with Crippen LogP contribution in [-0.2, 0) is 0 Å². The standard InChI is InChI=1S/C11H19N3O/c1-6(2)8(12)10-13-9(14-15-10)7-5-11(7,3)4/h6-8H,5,12H2,1-4H3/t7?,8-/m0/s1. The van der Waals surface area contributed by atoms with Gasteiger partial charge in [-0.2, -0.15) is 4.98 Å². The second-order valence-electron chi connectivity index (χ2n) is 5.51. The lowest BCUT2D eigenvalue weighted by Crippen LogP contribution is -2.17. The zero-order chi connectivity index (χ0) is 11.2. The van der Waals surface area contributed by atoms with Gasteiger partial charge in [-0.1, -0.05) is 32.9 Å². The van der Waals surface area contributed by atoms with Crippen LogP contribution >= 0.6 is 0 Å². The molecule has 1 aromatic heterocycles. The normalized spacial score (nSPS) is 25.6. The molecule has 0 saturated heterocycles. The van der Waals surface area contributed by atoms with Gasteiger partial charge in [0.1, 0.15) is 0 Å². The molecule has 0 aliphatic heterocycles. The maximum Gasteiger partial charge on any atom is 0.243 e. The van der Waals surface area contributed by atoms with E-state index in [1.165, 1.54) is 0 Å². The van der Waals surface area contributed by atoms with Crippen LogP contribution in [0.15, 0.2) is 4.52 Å². The van der Waals surface area contributed by atoms with Crippen molar-refractivity contribution in [2.45, 2.75) is 46.1 Å². The van der Waals surface area contributed by atoms with E-state index in [-0.39, 0.29) is 6.04 Å². The minimum atomic E-state index is -0.145. The molecule has 15 heavy (non-hydrogen) atoms. The summed E-state index contributed by atoms with van der Waals surface area (Å²) < 4.78 is 5.20. The second kappa shape index (κ2) is 3.30. The quantitative estimate of drug-likeness (QED) is 0.829. The van der Waals surface area contributed by atoms with Crippen molar-refractivity contribution in [2.24, 2.45) is 17.1 Å². The Balaban J connectivity index is 2.12. The fourth-order valence-corrected chi connectivity index (χ4v) is 1.72. The topological polar surface area (TPSA) is 64.9 Å². The molecule has 4 nitrogen and oxygen atoms in total. The maximum absolute atomic E-state index is 5.94. The zero-order valence-electron chi connectivity index (χ0n) is 9.82. The van der Waals surface area contributed by atoms with E-state index in [9.17, 15) is 0 Å². The Morgan fingerprint density at radius 2 is 2.07 bits per heavy atom. The maximum atomic E-state index is 5.94. The molecule has 1 fully saturated rings. The van der Waals surface area contributed by atoms with Crippen molar-refractivity contribution in [1.29, 1.82) is 0 Å². The number of hydrogen-bond donors (Lipinski definition) is 1. The molecule has 0 aromatic carbocycles. The largest absolute Gasteiger partial charge is 0.338 e. The first-order valence-corrected chi connectivity index (χ1v) is 5.51. The molecular weight excluding hydrogens is 190 g/mol. The summed E-state index contributed by atoms with van der Waals surface area (Å²) in [5.41, 5.74) is 6.28. The first-order chi connectivity index (χ1) is 6.92. The smallest absolute Gasteiger partial charge is 0.243 e. The van der Waals surface area contributed by atoms with E-state index in [0.717, 1.165) is 12.2 Å². The average Bonchev–Trinajstić information content (AvgIpc) is 2.64. The first-order valence-electron chi connectivity index (χ1n) is 5.51. The summed E-state index contributed by atoms with van der Waals surface area (Å²) in [6.45, 7) is 8.54. The number of nitrogens with zero attached hydrogens (tertiary/aromatic N) is 2. The number of aromatic nitrogens is 2. The van der Waals surface area contributed by atoms with E-state index in [1.54, 1.807) is 0 Å². The molecule has 0 spiro atoms. The highest BCUT2D eigenvalue weighted by molar-refractivity contribution is 5.14. The Morgan fingerprint density at radius 3 is 2.53 bits per heavy atom. The molecule has 2 N–H and O–H groups in total. The lowest BCUT2D eigenvalue weighted by Gasteiger charge is -2.09. The molecule has 4 heteroatoms. The van der Waals surface area contributed by atoms with Gasteiger partial charge >= 0.3 is 0 Å². The van der Waals surface area contributed by atoms with Crippen molar-refractivity contribution < 1.29 is 4.52 Å². The van der Waals surface area contributed by atoms with Gasteiger partial charge in [-0.25, -0.2) is 0 Å². The van der Waals surface area contributed by atoms with Gasteiger partial charge in [0.25, 0.3) is 0 Å². The zero-order valence-corrected chi connectivity index (χ0v) is 9.82. The van der Waals surface area contributed by atoms with Crippen LogP contribution in [0.1, 0.15) is 57.8 Å². The van der Waals surface area contributed by atoms with Gasteiger partial charge in [0.2, 0.25) is 5.89 Å². The highest BCUT2D eigenvalue weighted by atomic mass is 16.5. The van der Waals surface area contributed by atoms with Gasteiger partial charge in [0, 0.05) is 5.92 Å². The van der Waals surface area contributed by atoms with Crippen LogP contribution in [-0.4, -0.2) is 10.1 Å². The van der Waals surface area contributed by atoms with E-state index in [1.807, 2.05) is 0 Å². The summed E-state index contributed by atoms with van der Waals surface area (Å²) in [5.74, 6) is 2.17. The van der Waals surface area contributed by atoms with Gasteiger partial charge in [-0.15, -0.1) is 0 Å². The van der Waals surface area contributed by atoms with Crippen LogP contribution in [0.3, 0.4) is 0 Å². The summed E-state index contributed by atoms with van der Waals surface area (Å²) in [5, 5.41) is 4.01. The minimum Gasteiger partial charge on any atom is -0.338 e. The molecule has 1 saturated carbocycles. The van der Waals surface area contributed by atoms with Gasteiger partial charge in [-0.3, -0.25) is 0 Å². The summed E-state index contributed by atoms with van der Waals surface area (Å²) in [4.78, 5) is 4.39. The van der Waals surface area contributed by atoms with Crippen molar-refractivity contribution in [3.63, 3.8) is 0 Å². The lowest BCUT2D eigenvalue weighted by atomic mass is 10.1. The fourth-order valence-electron chi connectivity index (χ4n) is 1.72. The van der Waals surface area contributed by atoms with Crippen molar-refractivity contribution in [1.82, 2.24) is 10.1 Å². The van der Waals surface area contributed by atoms with E-state index < -0.39 is 0 Å². The molecule has 2 atom stereocenters. The summed E-state index contributed by atoms with van der Waals surface area (Å²) in [7, 11) is 0. The summed E-state index contributed by atoms with van der Waals surface area (Å²) in [6, 6.07) is -0.145. The molecule has 0 amide bonds. The molecule has 0 radical (unpaired) electrons. The van der Waals surface area contributed by atoms with Crippen LogP contribution in [0, 0.1) is 11.3 Å². The molecule has 2 rings (SSSR count). The molecule has 1 aromatic rings. The van der Waals surface area contributed by atoms with Crippen molar-refractivity contribution in [2.75, 3.05) is 0 Å². The van der Waals surface area contributed by atoms with Crippen LogP contribution in [0.2, 0.25) is 0 Å². The van der Waals surface area contributed by atoms with Gasteiger partial charge in [0.15, 0.2) is 5.82 Å². The van der Waals surface area contributed by atoms with E-state index in [0.29, 0.717) is 23.1 Å². The monoisotopic (exact) mass is 209 g/mol. The molecule has 1 heterocycles. The Kier molecular flexibility index (Phi) is 2.34. The van der Waals surface area contributed by atoms with Crippen molar-refractivity contribution in [3.05, 3.63) is 11.7 Å². The Bertz CT molecular complexity index is 340. The van der Waals surface area contributed by atoms with E-state index in [4.69, 9.17) is 10.3 Å². The van der Waals surface area contributed by atoms with Crippen LogP contribution in [0.25, 0.3) is 0 Å². The highest BCUT2D eigenvalue weighted by Gasteiger charge is 2.49. The average molecular weight is 209 g/mol. The molecule has 84 valence electrons. The predicted molar refractivity (Wildman–Crippen MR) is 57.2 cm³/mol. The van der Waals surface area contributed by atoms with Gasteiger partial charge < -0.3 is 10.3 Å². The molecule has 1 aliphatic carbocycles. The SMILES string of the molecule is CC(C)[C@H](N)c1nc(C2CC2(C)C)no1. The Hall–Kier alpha value is -0.900. The van der Waals surface area contributed by atoms with Crippen LogP contribution in [0.4, 0.5) is 0 Å². The van der Waals surface area contributed by atoms with E-state index >= 15 is 0 Å². The number of nitrogens with two attached hydrogens (primary N) is 1. The Morgan fingerprint density at radius 1 is 1.47 bits per heavy atom. The third kappa shape index (κ3) is 1.91.